The first-order valence-electron chi connectivity index (χ1n) is 18.0. The van der Waals surface area contributed by atoms with Crippen LogP contribution in [0.15, 0.2) is 102 Å². The second-order valence-electron chi connectivity index (χ2n) is 12.6. The topological polar surface area (TPSA) is 165 Å². The van der Waals surface area contributed by atoms with Crippen molar-refractivity contribution < 1.29 is 46.8 Å². The molecule has 4 aromatic heterocycles. The Morgan fingerprint density at radius 3 is 1.48 bits per heavy atom. The van der Waals surface area contributed by atoms with Crippen LogP contribution in [0.5, 0.6) is 46.0 Å². The van der Waals surface area contributed by atoms with E-state index >= 15 is 0 Å². The number of hydrogen-bond donors (Lipinski definition) is 2. The molecular formula is C43H34F2N6O8S2. The summed E-state index contributed by atoms with van der Waals surface area (Å²) in [5.74, 6) is 0.816. The van der Waals surface area contributed by atoms with Crippen LogP contribution >= 0.6 is 22.7 Å². The lowest BCUT2D eigenvalue weighted by atomic mass is 10.2. The van der Waals surface area contributed by atoms with Gasteiger partial charge in [0.15, 0.2) is 51.1 Å². The van der Waals surface area contributed by atoms with Gasteiger partial charge in [-0.25, -0.2) is 18.7 Å². The summed E-state index contributed by atoms with van der Waals surface area (Å²) in [4.78, 5) is 41.0. The van der Waals surface area contributed by atoms with Crippen LogP contribution in [0.3, 0.4) is 0 Å². The highest BCUT2D eigenvalue weighted by molar-refractivity contribution is 7.11. The molecule has 0 saturated heterocycles. The number of fused-ring (bicyclic) bond motifs is 2. The van der Waals surface area contributed by atoms with E-state index in [1.807, 2.05) is 6.92 Å². The van der Waals surface area contributed by atoms with E-state index in [1.165, 1.54) is 81.6 Å². The maximum atomic E-state index is 14.7. The zero-order chi connectivity index (χ0) is 43.0. The smallest absolute Gasteiger partial charge is 0.284 e. The number of nitrogens with zero attached hydrogens (tertiary/aromatic N) is 4. The number of hydrogen-bond acceptors (Lipinski definition) is 14. The minimum atomic E-state index is -0.627. The van der Waals surface area contributed by atoms with Crippen molar-refractivity contribution in [3.05, 3.63) is 129 Å². The van der Waals surface area contributed by atoms with Gasteiger partial charge in [0.2, 0.25) is 0 Å². The summed E-state index contributed by atoms with van der Waals surface area (Å²) >= 11 is 2.57. The molecule has 4 aromatic carbocycles. The molecule has 8 rings (SSSR count). The Labute approximate surface area is 354 Å². The van der Waals surface area contributed by atoms with Gasteiger partial charge in [-0.2, -0.15) is 0 Å². The number of pyridine rings is 2. The van der Waals surface area contributed by atoms with E-state index in [-0.39, 0.29) is 17.2 Å². The van der Waals surface area contributed by atoms with Gasteiger partial charge in [0.1, 0.15) is 17.2 Å². The first-order valence-corrected chi connectivity index (χ1v) is 19.7. The number of nitrogens with one attached hydrogen (secondary N) is 2. The van der Waals surface area contributed by atoms with Gasteiger partial charge in [-0.15, -0.1) is 22.7 Å². The van der Waals surface area contributed by atoms with Gasteiger partial charge in [0, 0.05) is 75.8 Å². The number of carbonyl (C=O) groups excluding carboxylic acids is 2. The number of amides is 2. The molecule has 14 nitrogen and oxygen atoms in total. The molecule has 0 atom stereocenters. The predicted octanol–water partition coefficient (Wildman–Crippen LogP) is 10.1. The number of carbonyl (C=O) groups is 2. The molecule has 0 spiro atoms. The van der Waals surface area contributed by atoms with Crippen molar-refractivity contribution in [2.24, 2.45) is 0 Å². The fourth-order valence-corrected chi connectivity index (χ4v) is 6.94. The molecule has 0 radical (unpaired) electrons. The number of benzene rings is 4. The standard InChI is InChI=1S/C22H18FN3O4S.C21H16FN3O4S/c1-12-25-17(11-31-12)22(27)26-13-4-5-19(15(23)8-13)30-18-6-7-24-16-10-21(29-3)20(28-2)9-14(16)18;1-27-18-10-13-15(11-19(18)28-2)23-6-5-16(13)29-17-4-3-12(9-14(17)22)25-20(26)21-24-7-8-30-21/h4-11H,1-3H3,(H,26,27);3-11H,1-2H3,(H,25,26). The Morgan fingerprint density at radius 1 is 0.557 bits per heavy atom. The molecule has 0 fully saturated rings. The van der Waals surface area contributed by atoms with Gasteiger partial charge in [0.05, 0.1) is 44.5 Å². The lowest BCUT2D eigenvalue weighted by Crippen LogP contribution is -2.12. The van der Waals surface area contributed by atoms with E-state index in [4.69, 9.17) is 28.4 Å². The summed E-state index contributed by atoms with van der Waals surface area (Å²) in [6.45, 7) is 1.81. The van der Waals surface area contributed by atoms with Gasteiger partial charge in [-0.1, -0.05) is 0 Å². The lowest BCUT2D eigenvalue weighted by Gasteiger charge is -2.13. The van der Waals surface area contributed by atoms with Crippen LogP contribution < -0.4 is 39.1 Å². The van der Waals surface area contributed by atoms with Crippen LogP contribution in [0, 0.1) is 18.6 Å². The monoisotopic (exact) mass is 864 g/mol. The van der Waals surface area contributed by atoms with Crippen molar-refractivity contribution in [3.8, 4) is 46.0 Å². The minimum Gasteiger partial charge on any atom is -0.493 e. The van der Waals surface area contributed by atoms with E-state index in [0.29, 0.717) is 72.7 Å². The highest BCUT2D eigenvalue weighted by Crippen LogP contribution is 2.39. The Balaban J connectivity index is 0.000000184. The van der Waals surface area contributed by atoms with Crippen LogP contribution in [0.2, 0.25) is 0 Å². The maximum Gasteiger partial charge on any atom is 0.284 e. The fourth-order valence-electron chi connectivity index (χ4n) is 5.82. The number of halogens is 2. The summed E-state index contributed by atoms with van der Waals surface area (Å²) in [6, 6.07) is 18.5. The van der Waals surface area contributed by atoms with Crippen molar-refractivity contribution in [3.63, 3.8) is 0 Å². The average molecular weight is 865 g/mol. The van der Waals surface area contributed by atoms with Crippen molar-refractivity contribution in [2.75, 3.05) is 39.1 Å². The van der Waals surface area contributed by atoms with Crippen LogP contribution in [0.4, 0.5) is 20.2 Å². The molecule has 0 unspecified atom stereocenters. The third-order valence-corrected chi connectivity index (χ3v) is 10.3. The summed E-state index contributed by atoms with van der Waals surface area (Å²) < 4.78 is 62.2. The zero-order valence-corrected chi connectivity index (χ0v) is 34.6. The maximum absolute atomic E-state index is 14.7. The predicted molar refractivity (Wildman–Crippen MR) is 228 cm³/mol. The molecule has 310 valence electrons. The van der Waals surface area contributed by atoms with Crippen LogP contribution in [0.25, 0.3) is 21.8 Å². The van der Waals surface area contributed by atoms with Crippen LogP contribution in [0.1, 0.15) is 25.3 Å². The zero-order valence-electron chi connectivity index (χ0n) is 32.9. The highest BCUT2D eigenvalue weighted by Gasteiger charge is 2.17. The average Bonchev–Trinajstić information content (AvgIpc) is 3.98. The highest BCUT2D eigenvalue weighted by atomic mass is 32.1. The normalized spacial score (nSPS) is 10.7. The van der Waals surface area contributed by atoms with E-state index in [2.05, 4.69) is 30.6 Å². The number of rotatable bonds is 12. The van der Waals surface area contributed by atoms with Crippen molar-refractivity contribution in [1.82, 2.24) is 19.9 Å². The Hall–Kier alpha value is -7.44. The molecule has 2 N–H and O–H groups in total. The van der Waals surface area contributed by atoms with E-state index < -0.39 is 23.4 Å². The van der Waals surface area contributed by atoms with Gasteiger partial charge >= 0.3 is 0 Å². The first-order chi connectivity index (χ1) is 29.6. The second kappa shape index (κ2) is 18.6. The molecule has 0 aliphatic carbocycles. The Bertz CT molecular complexity index is 2880. The summed E-state index contributed by atoms with van der Waals surface area (Å²) in [7, 11) is 6.13. The Kier molecular flexibility index (Phi) is 12.8. The molecule has 18 heteroatoms. The van der Waals surface area contributed by atoms with Crippen molar-refractivity contribution in [2.45, 2.75) is 6.92 Å². The summed E-state index contributed by atoms with van der Waals surface area (Å²) in [5.41, 5.74) is 2.10. The molecule has 0 bridgehead atoms. The number of thiazole rings is 2. The molecule has 0 aliphatic heterocycles. The number of aromatic nitrogens is 4. The molecule has 0 aliphatic rings. The quantitative estimate of drug-likeness (QED) is 0.120. The van der Waals surface area contributed by atoms with Gasteiger partial charge in [-0.05, 0) is 55.5 Å². The van der Waals surface area contributed by atoms with Gasteiger partial charge in [-0.3, -0.25) is 19.6 Å². The minimum absolute atomic E-state index is 0.00420. The van der Waals surface area contributed by atoms with E-state index in [0.717, 1.165) is 5.01 Å². The summed E-state index contributed by atoms with van der Waals surface area (Å²) in [6.07, 6.45) is 4.65. The lowest BCUT2D eigenvalue weighted by molar-refractivity contribution is 0.101. The number of anilines is 2. The second-order valence-corrected chi connectivity index (χ2v) is 14.5. The van der Waals surface area contributed by atoms with E-state index in [9.17, 15) is 18.4 Å². The third-order valence-electron chi connectivity index (χ3n) is 8.71. The number of aryl methyl sites for hydroxylation is 1. The number of methoxy groups -OCH3 is 4. The van der Waals surface area contributed by atoms with E-state index in [1.54, 1.807) is 71.7 Å². The molecular weight excluding hydrogens is 831 g/mol. The Morgan fingerprint density at radius 2 is 1.05 bits per heavy atom. The van der Waals surface area contributed by atoms with Crippen molar-refractivity contribution in [1.29, 1.82) is 0 Å². The fraction of sp³-hybridized carbons (Fsp3) is 0.116. The molecule has 4 heterocycles. The molecule has 61 heavy (non-hydrogen) atoms. The van der Waals surface area contributed by atoms with Gasteiger partial charge < -0.3 is 39.1 Å². The van der Waals surface area contributed by atoms with Crippen LogP contribution in [-0.2, 0) is 0 Å². The number of ether oxygens (including phenoxy) is 6. The summed E-state index contributed by atoms with van der Waals surface area (Å²) in [5, 5.41) is 10.9. The third kappa shape index (κ3) is 9.56. The van der Waals surface area contributed by atoms with Gasteiger partial charge in [0.25, 0.3) is 11.8 Å². The van der Waals surface area contributed by atoms with Crippen LogP contribution in [-0.4, -0.2) is 60.2 Å². The first kappa shape index (κ1) is 41.7. The largest absolute Gasteiger partial charge is 0.493 e. The SMILES string of the molecule is COc1cc2nccc(Oc3ccc(NC(=O)c4csc(C)n4)cc3F)c2cc1OC.COc1cc2nccc(Oc3ccc(NC(=O)c4nccs4)cc3F)c2cc1OC. The molecule has 2 amide bonds. The molecule has 8 aromatic rings. The molecule has 0 saturated carbocycles. The van der Waals surface area contributed by atoms with Crippen molar-refractivity contribution >= 4 is 67.7 Å².